The molecule has 5 rings (SSSR count). The van der Waals surface area contributed by atoms with Gasteiger partial charge in [-0.15, -0.1) is 20.4 Å². The van der Waals surface area contributed by atoms with Gasteiger partial charge in [-0.3, -0.25) is 0 Å². The van der Waals surface area contributed by atoms with Crippen LogP contribution in [0.3, 0.4) is 0 Å². The molecule has 14 nitrogen and oxygen atoms in total. The second-order valence-electron chi connectivity index (χ2n) is 10.7. The molecule has 5 aromatic rings. The zero-order chi connectivity index (χ0) is 37.4. The zero-order valence-electron chi connectivity index (χ0n) is 28.9. The molecule has 0 saturated carbocycles. The molecule has 52 heavy (non-hydrogen) atoms. The minimum absolute atomic E-state index is 0.0275. The Balaban J connectivity index is 1.53. The Morgan fingerprint density at radius 2 is 0.788 bits per heavy atom. The maximum atomic E-state index is 12.6. The van der Waals surface area contributed by atoms with Crippen molar-refractivity contribution >= 4 is 36.0 Å². The summed E-state index contributed by atoms with van der Waals surface area (Å²) in [7, 11) is 0. The van der Waals surface area contributed by atoms with Crippen LogP contribution in [0.1, 0.15) is 80.3 Å². The topological polar surface area (TPSA) is 183 Å². The lowest BCUT2D eigenvalue weighted by Crippen LogP contribution is -2.09. The van der Waals surface area contributed by atoms with E-state index in [2.05, 4.69) is 33.6 Å². The Hall–Kier alpha value is -6.70. The van der Waals surface area contributed by atoms with Gasteiger partial charge in [0.1, 0.15) is 0 Å². The van der Waals surface area contributed by atoms with Gasteiger partial charge < -0.3 is 27.8 Å². The van der Waals surface area contributed by atoms with E-state index in [1.807, 2.05) is 0 Å². The lowest BCUT2D eigenvalue weighted by atomic mass is 9.98. The van der Waals surface area contributed by atoms with E-state index in [1.54, 1.807) is 52.0 Å². The fourth-order valence-electron chi connectivity index (χ4n) is 5.07. The van der Waals surface area contributed by atoms with Crippen molar-refractivity contribution in [1.82, 2.24) is 20.4 Å². The molecule has 0 radical (unpaired) electrons. The molecule has 2 heterocycles. The van der Waals surface area contributed by atoms with Crippen LogP contribution >= 0.6 is 0 Å². The van der Waals surface area contributed by atoms with Crippen molar-refractivity contribution in [2.24, 2.45) is 0 Å². The Morgan fingerprint density at radius 3 is 1.06 bits per heavy atom. The number of carbonyl (C=O) groups excluding carboxylic acids is 4. The molecular formula is C38H34N4O10. The highest BCUT2D eigenvalue weighted by Gasteiger charge is 2.23. The lowest BCUT2D eigenvalue weighted by Gasteiger charge is -2.09. The van der Waals surface area contributed by atoms with Gasteiger partial charge in [-0.25, -0.2) is 19.2 Å². The molecule has 0 amide bonds. The van der Waals surface area contributed by atoms with Crippen LogP contribution < -0.4 is 0 Å². The van der Waals surface area contributed by atoms with E-state index in [4.69, 9.17) is 27.8 Å². The SMILES string of the molecule is C=Cc1cc(-c2nnc(-c3cc(C(=O)OCC)cc(C(=O)OCC)c3)o2)c(C=C)cc1-c1nnc(-c2cc(C(=O)OCC)cc(C(=O)OCC)c2)o1. The molecule has 14 heteroatoms. The van der Waals surface area contributed by atoms with E-state index in [-0.39, 0.29) is 72.2 Å². The van der Waals surface area contributed by atoms with Crippen molar-refractivity contribution in [3.05, 3.63) is 95.1 Å². The molecule has 266 valence electrons. The fourth-order valence-corrected chi connectivity index (χ4v) is 5.07. The summed E-state index contributed by atoms with van der Waals surface area (Å²) in [4.78, 5) is 50.4. The van der Waals surface area contributed by atoms with E-state index >= 15 is 0 Å². The van der Waals surface area contributed by atoms with Crippen LogP contribution in [0.5, 0.6) is 0 Å². The summed E-state index contributed by atoms with van der Waals surface area (Å²) < 4.78 is 32.6. The number of benzene rings is 3. The zero-order valence-corrected chi connectivity index (χ0v) is 28.9. The standard InChI is InChI=1S/C38H34N4O10/c1-7-21-19-30(34-42-40-32(52-34)24-15-27(37(45)49-11-5)18-28(16-24)38(46)50-12-6)22(8-2)20-29(21)33-41-39-31(51-33)23-13-25(35(43)47-9-3)17-26(14-23)36(44)48-10-4/h7-8,13-20H,1-2,9-12H2,3-6H3. The first kappa shape index (κ1) is 36.6. The molecule has 0 atom stereocenters. The Morgan fingerprint density at radius 1 is 0.500 bits per heavy atom. The summed E-state index contributed by atoms with van der Waals surface area (Å²) in [6, 6.07) is 12.1. The number of hydrogen-bond acceptors (Lipinski definition) is 14. The predicted molar refractivity (Wildman–Crippen MR) is 188 cm³/mol. The Bertz CT molecular complexity index is 1960. The van der Waals surface area contributed by atoms with Crippen LogP contribution in [-0.2, 0) is 18.9 Å². The first-order valence-electron chi connectivity index (χ1n) is 16.2. The number of hydrogen-bond donors (Lipinski definition) is 0. The summed E-state index contributed by atoms with van der Waals surface area (Å²) in [5.74, 6) is -2.27. The minimum Gasteiger partial charge on any atom is -0.462 e. The van der Waals surface area contributed by atoms with Crippen molar-refractivity contribution < 1.29 is 47.0 Å². The minimum atomic E-state index is -0.634. The largest absolute Gasteiger partial charge is 0.462 e. The first-order chi connectivity index (χ1) is 25.1. The van der Waals surface area contributed by atoms with E-state index in [0.717, 1.165) is 0 Å². The molecule has 3 aromatic carbocycles. The number of rotatable bonds is 14. The van der Waals surface area contributed by atoms with Crippen molar-refractivity contribution in [1.29, 1.82) is 0 Å². The number of carbonyl (C=O) groups is 4. The van der Waals surface area contributed by atoms with Gasteiger partial charge in [0, 0.05) is 22.3 Å². The first-order valence-corrected chi connectivity index (χ1v) is 16.2. The maximum Gasteiger partial charge on any atom is 0.338 e. The van der Waals surface area contributed by atoms with Crippen LogP contribution in [0.2, 0.25) is 0 Å². The fraction of sp³-hybridized carbons (Fsp3) is 0.211. The molecule has 0 spiro atoms. The summed E-state index contributed by atoms with van der Waals surface area (Å²) in [5.41, 5.74) is 3.10. The van der Waals surface area contributed by atoms with Gasteiger partial charge in [0.05, 0.1) is 48.7 Å². The van der Waals surface area contributed by atoms with Crippen LogP contribution in [0.4, 0.5) is 0 Å². The highest BCUT2D eigenvalue weighted by molar-refractivity contribution is 5.98. The summed E-state index contributed by atoms with van der Waals surface area (Å²) in [6.45, 7) is 15.1. The molecule has 0 unspecified atom stereocenters. The highest BCUT2D eigenvalue weighted by Crippen LogP contribution is 2.35. The summed E-state index contributed by atoms with van der Waals surface area (Å²) in [6.07, 6.45) is 3.14. The number of ether oxygens (including phenoxy) is 4. The number of nitrogens with zero attached hydrogens (tertiary/aromatic N) is 4. The van der Waals surface area contributed by atoms with Gasteiger partial charge in [0.2, 0.25) is 23.6 Å². The van der Waals surface area contributed by atoms with E-state index in [0.29, 0.717) is 33.4 Å². The molecule has 0 fully saturated rings. The molecule has 0 bridgehead atoms. The highest BCUT2D eigenvalue weighted by atomic mass is 16.5. The average Bonchev–Trinajstić information content (AvgIpc) is 3.86. The number of aromatic nitrogens is 4. The third-order valence-corrected chi connectivity index (χ3v) is 7.38. The summed E-state index contributed by atoms with van der Waals surface area (Å²) in [5, 5.41) is 16.8. The van der Waals surface area contributed by atoms with Crippen molar-refractivity contribution in [2.45, 2.75) is 27.7 Å². The maximum absolute atomic E-state index is 12.6. The molecule has 0 N–H and O–H groups in total. The molecule has 0 aliphatic rings. The molecule has 2 aromatic heterocycles. The van der Waals surface area contributed by atoms with Crippen LogP contribution in [0.25, 0.3) is 58.0 Å². The predicted octanol–water partition coefficient (Wildman–Crippen LogP) is 7.11. The second kappa shape index (κ2) is 16.3. The van der Waals surface area contributed by atoms with Crippen molar-refractivity contribution in [2.75, 3.05) is 26.4 Å². The quantitative estimate of drug-likeness (QED) is 0.0840. The smallest absolute Gasteiger partial charge is 0.338 e. The average molecular weight is 707 g/mol. The van der Waals surface area contributed by atoms with Gasteiger partial charge in [0.25, 0.3) is 0 Å². The Labute approximate surface area is 298 Å². The third-order valence-electron chi connectivity index (χ3n) is 7.38. The monoisotopic (exact) mass is 706 g/mol. The van der Waals surface area contributed by atoms with E-state index in [1.165, 1.54) is 36.4 Å². The normalized spacial score (nSPS) is 10.7. The second-order valence-corrected chi connectivity index (χ2v) is 10.7. The van der Waals surface area contributed by atoms with Crippen LogP contribution in [0, 0.1) is 0 Å². The third kappa shape index (κ3) is 7.86. The van der Waals surface area contributed by atoms with Gasteiger partial charge in [0.15, 0.2) is 0 Å². The van der Waals surface area contributed by atoms with E-state index < -0.39 is 23.9 Å². The summed E-state index contributed by atoms with van der Waals surface area (Å²) >= 11 is 0. The number of esters is 4. The molecule has 0 saturated heterocycles. The van der Waals surface area contributed by atoms with E-state index in [9.17, 15) is 19.2 Å². The van der Waals surface area contributed by atoms with Crippen LogP contribution in [0.15, 0.2) is 70.5 Å². The van der Waals surface area contributed by atoms with Gasteiger partial charge >= 0.3 is 23.9 Å². The van der Waals surface area contributed by atoms with Gasteiger partial charge in [-0.2, -0.15) is 0 Å². The van der Waals surface area contributed by atoms with Gasteiger partial charge in [-0.05, 0) is 87.4 Å². The molecule has 0 aliphatic heterocycles. The van der Waals surface area contributed by atoms with Crippen molar-refractivity contribution in [3.8, 4) is 45.8 Å². The lowest BCUT2D eigenvalue weighted by molar-refractivity contribution is 0.0506. The molecular weight excluding hydrogens is 672 g/mol. The van der Waals surface area contributed by atoms with Crippen molar-refractivity contribution in [3.63, 3.8) is 0 Å². The Kier molecular flexibility index (Phi) is 11.5. The molecule has 0 aliphatic carbocycles. The van der Waals surface area contributed by atoms with Crippen LogP contribution in [-0.4, -0.2) is 70.7 Å². The van der Waals surface area contributed by atoms with Gasteiger partial charge in [-0.1, -0.05) is 25.3 Å².